The van der Waals surface area contributed by atoms with Gasteiger partial charge in [-0.1, -0.05) is 19.8 Å². The maximum absolute atomic E-state index is 8.51. The van der Waals surface area contributed by atoms with Crippen LogP contribution in [0.1, 0.15) is 32.6 Å². The number of ether oxygens (including phenoxy) is 1. The van der Waals surface area contributed by atoms with Crippen molar-refractivity contribution in [1.29, 1.82) is 0 Å². The largest absolute Gasteiger partial charge is 0.394 e. The number of rotatable bonds is 6. The van der Waals surface area contributed by atoms with Gasteiger partial charge < -0.3 is 15.2 Å². The molecule has 0 heterocycles. The first-order chi connectivity index (χ1) is 6.84. The minimum Gasteiger partial charge on any atom is -0.394 e. The predicted octanol–water partition coefficient (Wildman–Crippen LogP) is 1.16. The Morgan fingerprint density at radius 1 is 1.29 bits per heavy atom. The van der Waals surface area contributed by atoms with Gasteiger partial charge in [-0.25, -0.2) is 0 Å². The predicted molar refractivity (Wildman–Crippen MR) is 57.3 cm³/mol. The normalized spacial score (nSPS) is 27.9. The average Bonchev–Trinajstić information content (AvgIpc) is 2.20. The van der Waals surface area contributed by atoms with Gasteiger partial charge in [0.05, 0.1) is 19.8 Å². The Labute approximate surface area is 86.8 Å². The summed E-state index contributed by atoms with van der Waals surface area (Å²) in [6, 6.07) is 0.682. The van der Waals surface area contributed by atoms with Gasteiger partial charge in [-0.3, -0.25) is 0 Å². The molecule has 0 bridgehead atoms. The monoisotopic (exact) mass is 201 g/mol. The minimum absolute atomic E-state index is 0.125. The van der Waals surface area contributed by atoms with E-state index in [2.05, 4.69) is 12.2 Å². The van der Waals surface area contributed by atoms with E-state index >= 15 is 0 Å². The maximum atomic E-state index is 8.51. The summed E-state index contributed by atoms with van der Waals surface area (Å²) >= 11 is 0. The van der Waals surface area contributed by atoms with E-state index in [1.54, 1.807) is 0 Å². The van der Waals surface area contributed by atoms with Gasteiger partial charge in [0.1, 0.15) is 0 Å². The molecule has 0 spiro atoms. The van der Waals surface area contributed by atoms with E-state index in [1.807, 2.05) is 0 Å². The molecule has 2 atom stereocenters. The van der Waals surface area contributed by atoms with Gasteiger partial charge in [0.2, 0.25) is 0 Å². The van der Waals surface area contributed by atoms with Crippen LogP contribution in [-0.2, 0) is 4.74 Å². The van der Waals surface area contributed by atoms with Crippen LogP contribution < -0.4 is 5.32 Å². The highest BCUT2D eigenvalue weighted by Crippen LogP contribution is 2.23. The Bertz CT molecular complexity index is 141. The second kappa shape index (κ2) is 7.21. The van der Waals surface area contributed by atoms with Crippen LogP contribution in [0.5, 0.6) is 0 Å². The molecule has 1 saturated carbocycles. The SMILES string of the molecule is CC1CCCCC1NCCOCCO. The van der Waals surface area contributed by atoms with Crippen LogP contribution in [0.4, 0.5) is 0 Å². The minimum atomic E-state index is 0.125. The number of hydrogen-bond acceptors (Lipinski definition) is 3. The van der Waals surface area contributed by atoms with Crippen molar-refractivity contribution < 1.29 is 9.84 Å². The van der Waals surface area contributed by atoms with Crippen LogP contribution in [0, 0.1) is 5.92 Å². The van der Waals surface area contributed by atoms with E-state index in [-0.39, 0.29) is 6.61 Å². The molecule has 84 valence electrons. The van der Waals surface area contributed by atoms with Crippen LogP contribution in [0.25, 0.3) is 0 Å². The van der Waals surface area contributed by atoms with E-state index in [0.717, 1.165) is 12.5 Å². The van der Waals surface area contributed by atoms with Crippen molar-refractivity contribution in [2.24, 2.45) is 5.92 Å². The van der Waals surface area contributed by atoms with Crippen molar-refractivity contribution in [2.45, 2.75) is 38.6 Å². The maximum Gasteiger partial charge on any atom is 0.0698 e. The average molecular weight is 201 g/mol. The van der Waals surface area contributed by atoms with E-state index in [1.165, 1.54) is 25.7 Å². The van der Waals surface area contributed by atoms with Crippen LogP contribution >= 0.6 is 0 Å². The molecular weight excluding hydrogens is 178 g/mol. The molecule has 0 aromatic carbocycles. The molecule has 0 radical (unpaired) electrons. The zero-order valence-electron chi connectivity index (χ0n) is 9.17. The van der Waals surface area contributed by atoms with Crippen molar-refractivity contribution in [3.05, 3.63) is 0 Å². The zero-order chi connectivity index (χ0) is 10.2. The summed E-state index contributed by atoms with van der Waals surface area (Å²) in [5.41, 5.74) is 0. The van der Waals surface area contributed by atoms with Crippen molar-refractivity contribution >= 4 is 0 Å². The fourth-order valence-electron chi connectivity index (χ4n) is 2.10. The molecule has 3 heteroatoms. The lowest BCUT2D eigenvalue weighted by molar-refractivity contribution is 0.0903. The van der Waals surface area contributed by atoms with Crippen LogP contribution in [-0.4, -0.2) is 37.5 Å². The summed E-state index contributed by atoms with van der Waals surface area (Å²) in [5, 5.41) is 12.0. The Morgan fingerprint density at radius 2 is 2.07 bits per heavy atom. The van der Waals surface area contributed by atoms with Gasteiger partial charge in [0, 0.05) is 12.6 Å². The number of aliphatic hydroxyl groups is 1. The molecule has 1 aliphatic rings. The second-order valence-corrected chi connectivity index (χ2v) is 4.16. The van der Waals surface area contributed by atoms with Gasteiger partial charge in [0.25, 0.3) is 0 Å². The summed E-state index contributed by atoms with van der Waals surface area (Å²) in [5.74, 6) is 0.807. The fraction of sp³-hybridized carbons (Fsp3) is 1.00. The molecular formula is C11H23NO2. The topological polar surface area (TPSA) is 41.5 Å². The van der Waals surface area contributed by atoms with Crippen LogP contribution in [0.3, 0.4) is 0 Å². The summed E-state index contributed by atoms with van der Waals surface area (Å²) in [7, 11) is 0. The van der Waals surface area contributed by atoms with Gasteiger partial charge in [0.15, 0.2) is 0 Å². The van der Waals surface area contributed by atoms with Gasteiger partial charge in [-0.15, -0.1) is 0 Å². The zero-order valence-corrected chi connectivity index (χ0v) is 9.17. The molecule has 2 N–H and O–H groups in total. The third kappa shape index (κ3) is 4.40. The summed E-state index contributed by atoms with van der Waals surface area (Å²) in [6.07, 6.45) is 5.41. The van der Waals surface area contributed by atoms with Gasteiger partial charge in [-0.2, -0.15) is 0 Å². The van der Waals surface area contributed by atoms with Gasteiger partial charge >= 0.3 is 0 Å². The molecule has 1 aliphatic carbocycles. The molecule has 0 aromatic heterocycles. The molecule has 14 heavy (non-hydrogen) atoms. The molecule has 1 rings (SSSR count). The van der Waals surface area contributed by atoms with E-state index in [4.69, 9.17) is 9.84 Å². The van der Waals surface area contributed by atoms with Crippen molar-refractivity contribution in [3.8, 4) is 0 Å². The van der Waals surface area contributed by atoms with Gasteiger partial charge in [-0.05, 0) is 18.8 Å². The molecule has 0 aliphatic heterocycles. The van der Waals surface area contributed by atoms with Crippen LogP contribution in [0.2, 0.25) is 0 Å². The quantitative estimate of drug-likeness (QED) is 0.634. The fourth-order valence-corrected chi connectivity index (χ4v) is 2.10. The Hall–Kier alpha value is -0.120. The molecule has 1 fully saturated rings. The highest BCUT2D eigenvalue weighted by Gasteiger charge is 2.19. The molecule has 0 aromatic rings. The van der Waals surface area contributed by atoms with E-state index in [0.29, 0.717) is 19.3 Å². The second-order valence-electron chi connectivity index (χ2n) is 4.16. The van der Waals surface area contributed by atoms with Crippen molar-refractivity contribution in [1.82, 2.24) is 5.32 Å². The standard InChI is InChI=1S/C11H23NO2/c1-10-4-2-3-5-11(10)12-6-8-14-9-7-13/h10-13H,2-9H2,1H3. The first kappa shape index (κ1) is 12.0. The smallest absolute Gasteiger partial charge is 0.0698 e. The number of nitrogens with one attached hydrogen (secondary N) is 1. The Balaban J connectivity index is 1.99. The highest BCUT2D eigenvalue weighted by molar-refractivity contribution is 4.77. The Morgan fingerprint density at radius 3 is 2.79 bits per heavy atom. The first-order valence-corrected chi connectivity index (χ1v) is 5.76. The van der Waals surface area contributed by atoms with Crippen molar-refractivity contribution in [3.63, 3.8) is 0 Å². The third-order valence-electron chi connectivity index (χ3n) is 3.00. The highest BCUT2D eigenvalue weighted by atomic mass is 16.5. The van der Waals surface area contributed by atoms with Crippen molar-refractivity contribution in [2.75, 3.05) is 26.4 Å². The molecule has 0 amide bonds. The molecule has 0 saturated heterocycles. The molecule has 3 nitrogen and oxygen atoms in total. The van der Waals surface area contributed by atoms with Crippen LogP contribution in [0.15, 0.2) is 0 Å². The summed E-state index contributed by atoms with van der Waals surface area (Å²) in [6.45, 7) is 4.53. The first-order valence-electron chi connectivity index (χ1n) is 5.76. The van der Waals surface area contributed by atoms with E-state index in [9.17, 15) is 0 Å². The number of hydrogen-bond donors (Lipinski definition) is 2. The summed E-state index contributed by atoms with van der Waals surface area (Å²) in [4.78, 5) is 0. The third-order valence-corrected chi connectivity index (χ3v) is 3.00. The lowest BCUT2D eigenvalue weighted by atomic mass is 9.86. The summed E-state index contributed by atoms with van der Waals surface area (Å²) < 4.78 is 5.20. The lowest BCUT2D eigenvalue weighted by Gasteiger charge is -2.29. The number of aliphatic hydroxyl groups excluding tert-OH is 1. The Kier molecular flexibility index (Phi) is 6.15. The molecule has 2 unspecified atom stereocenters. The van der Waals surface area contributed by atoms with E-state index < -0.39 is 0 Å². The lowest BCUT2D eigenvalue weighted by Crippen LogP contribution is -2.39.